The van der Waals surface area contributed by atoms with E-state index in [0.29, 0.717) is 48.4 Å². The monoisotopic (exact) mass is 489 g/mol. The van der Waals surface area contributed by atoms with Crippen LogP contribution in [0.25, 0.3) is 5.82 Å². The first-order chi connectivity index (χ1) is 16.0. The van der Waals surface area contributed by atoms with Crippen molar-refractivity contribution in [3.05, 3.63) is 55.0 Å². The van der Waals surface area contributed by atoms with E-state index in [2.05, 4.69) is 20.1 Å². The SMILES string of the molecule is CSCC[C@@H](NS(=O)(=O)c1ccc2c(c1)OCCO2)C(=O)Nc1ccc(-n2cccn2)nc1. The van der Waals surface area contributed by atoms with E-state index in [-0.39, 0.29) is 4.90 Å². The van der Waals surface area contributed by atoms with Gasteiger partial charge in [0.1, 0.15) is 19.3 Å². The average molecular weight is 490 g/mol. The molecule has 2 N–H and O–H groups in total. The van der Waals surface area contributed by atoms with Crippen molar-refractivity contribution in [2.75, 3.05) is 30.5 Å². The first-order valence-electron chi connectivity index (χ1n) is 10.1. The maximum Gasteiger partial charge on any atom is 0.242 e. The number of carbonyl (C=O) groups is 1. The van der Waals surface area contributed by atoms with Crippen molar-refractivity contribution in [1.29, 1.82) is 0 Å². The number of nitrogens with zero attached hydrogens (tertiary/aromatic N) is 3. The molecular weight excluding hydrogens is 466 g/mol. The second kappa shape index (κ2) is 10.2. The molecule has 1 aromatic carbocycles. The van der Waals surface area contributed by atoms with Gasteiger partial charge in [0, 0.05) is 18.5 Å². The van der Waals surface area contributed by atoms with Crippen LogP contribution in [-0.4, -0.2) is 60.4 Å². The van der Waals surface area contributed by atoms with Gasteiger partial charge in [-0.25, -0.2) is 18.1 Å². The Bertz CT molecular complexity index is 1200. The van der Waals surface area contributed by atoms with Crippen LogP contribution in [0.15, 0.2) is 59.9 Å². The molecule has 0 saturated carbocycles. The predicted octanol–water partition coefficient (Wildman–Crippen LogP) is 2.08. The molecule has 0 fully saturated rings. The minimum atomic E-state index is -3.98. The summed E-state index contributed by atoms with van der Waals surface area (Å²) in [5.41, 5.74) is 0.448. The van der Waals surface area contributed by atoms with E-state index in [0.717, 1.165) is 0 Å². The Kier molecular flexibility index (Phi) is 7.16. The van der Waals surface area contributed by atoms with E-state index in [1.54, 1.807) is 41.3 Å². The number of hydrogen-bond acceptors (Lipinski definition) is 8. The first kappa shape index (κ1) is 23.1. The van der Waals surface area contributed by atoms with Crippen molar-refractivity contribution in [3.63, 3.8) is 0 Å². The zero-order valence-corrected chi connectivity index (χ0v) is 19.4. The number of benzene rings is 1. The molecule has 1 aliphatic rings. The predicted molar refractivity (Wildman–Crippen MR) is 125 cm³/mol. The van der Waals surface area contributed by atoms with Crippen LogP contribution in [0.2, 0.25) is 0 Å². The van der Waals surface area contributed by atoms with Crippen LogP contribution in [0, 0.1) is 0 Å². The lowest BCUT2D eigenvalue weighted by Crippen LogP contribution is -2.44. The Morgan fingerprint density at radius 1 is 1.21 bits per heavy atom. The minimum Gasteiger partial charge on any atom is -0.486 e. The number of thioether (sulfide) groups is 1. The molecule has 10 nitrogen and oxygen atoms in total. The van der Waals surface area contributed by atoms with E-state index in [4.69, 9.17) is 9.47 Å². The third kappa shape index (κ3) is 5.64. The highest BCUT2D eigenvalue weighted by Gasteiger charge is 2.27. The van der Waals surface area contributed by atoms with Crippen LogP contribution < -0.4 is 19.5 Å². The summed E-state index contributed by atoms with van der Waals surface area (Å²) in [5.74, 6) is 1.56. The number of pyridine rings is 1. The lowest BCUT2D eigenvalue weighted by Gasteiger charge is -2.21. The quantitative estimate of drug-likeness (QED) is 0.468. The van der Waals surface area contributed by atoms with Gasteiger partial charge in [0.2, 0.25) is 15.9 Å². The number of anilines is 1. The molecule has 0 radical (unpaired) electrons. The van der Waals surface area contributed by atoms with Gasteiger partial charge in [-0.1, -0.05) is 0 Å². The Morgan fingerprint density at radius 3 is 2.73 bits per heavy atom. The molecule has 3 heterocycles. The van der Waals surface area contributed by atoms with E-state index in [9.17, 15) is 13.2 Å². The second-order valence-corrected chi connectivity index (χ2v) is 9.81. The van der Waals surface area contributed by atoms with E-state index >= 15 is 0 Å². The molecule has 1 atom stereocenters. The van der Waals surface area contributed by atoms with Gasteiger partial charge in [-0.05, 0) is 48.8 Å². The molecule has 33 heavy (non-hydrogen) atoms. The van der Waals surface area contributed by atoms with Crippen molar-refractivity contribution < 1.29 is 22.7 Å². The molecule has 4 rings (SSSR count). The zero-order chi connectivity index (χ0) is 23.3. The molecule has 0 unspecified atom stereocenters. The standard InChI is InChI=1S/C21H23N5O5S2/c1-32-12-7-17(21(27)24-15-3-6-20(22-14-15)26-9-2-8-23-26)25-33(28,29)16-4-5-18-19(13-16)31-11-10-30-18/h2-6,8-9,13-14,17,25H,7,10-12H2,1H3,(H,24,27)/t17-/m1/s1. The van der Waals surface area contributed by atoms with E-state index < -0.39 is 22.0 Å². The van der Waals surface area contributed by atoms with Gasteiger partial charge >= 0.3 is 0 Å². The Hall–Kier alpha value is -3.09. The van der Waals surface area contributed by atoms with E-state index in [1.165, 1.54) is 30.1 Å². The van der Waals surface area contributed by atoms with Gasteiger partial charge in [-0.15, -0.1) is 0 Å². The smallest absolute Gasteiger partial charge is 0.242 e. The molecule has 3 aromatic rings. The van der Waals surface area contributed by atoms with Gasteiger partial charge < -0.3 is 14.8 Å². The van der Waals surface area contributed by atoms with Crippen LogP contribution in [0.4, 0.5) is 5.69 Å². The van der Waals surface area contributed by atoms with Crippen LogP contribution in [-0.2, 0) is 14.8 Å². The highest BCUT2D eigenvalue weighted by Crippen LogP contribution is 2.32. The lowest BCUT2D eigenvalue weighted by atomic mass is 10.2. The molecule has 1 amide bonds. The second-order valence-electron chi connectivity index (χ2n) is 7.11. The van der Waals surface area contributed by atoms with Crippen LogP contribution in [0.5, 0.6) is 11.5 Å². The van der Waals surface area contributed by atoms with Crippen LogP contribution in [0.3, 0.4) is 0 Å². The lowest BCUT2D eigenvalue weighted by molar-refractivity contribution is -0.117. The highest BCUT2D eigenvalue weighted by atomic mass is 32.2. The number of amides is 1. The van der Waals surface area contributed by atoms with Gasteiger partial charge in [0.25, 0.3) is 0 Å². The number of rotatable bonds is 9. The first-order valence-corrected chi connectivity index (χ1v) is 13.0. The highest BCUT2D eigenvalue weighted by molar-refractivity contribution is 7.98. The molecule has 12 heteroatoms. The number of sulfonamides is 1. The third-order valence-electron chi connectivity index (χ3n) is 4.80. The summed E-state index contributed by atoms with van der Waals surface area (Å²) in [4.78, 5) is 17.2. The Labute approximate surface area is 195 Å². The van der Waals surface area contributed by atoms with Gasteiger partial charge in [-0.3, -0.25) is 4.79 Å². The molecule has 1 aliphatic heterocycles. The summed E-state index contributed by atoms with van der Waals surface area (Å²) in [7, 11) is -3.98. The number of fused-ring (bicyclic) bond motifs is 1. The molecule has 0 saturated heterocycles. The number of aromatic nitrogens is 3. The van der Waals surface area contributed by atoms with Crippen molar-refractivity contribution >= 4 is 33.4 Å². The fourth-order valence-electron chi connectivity index (χ4n) is 3.15. The van der Waals surface area contributed by atoms with Gasteiger partial charge in [0.15, 0.2) is 17.3 Å². The maximum absolute atomic E-state index is 13.0. The van der Waals surface area contributed by atoms with Gasteiger partial charge in [0.05, 0.1) is 16.8 Å². The Morgan fingerprint density at radius 2 is 2.03 bits per heavy atom. The summed E-state index contributed by atoms with van der Waals surface area (Å²) in [6.07, 6.45) is 7.10. The van der Waals surface area contributed by atoms with Crippen molar-refractivity contribution in [3.8, 4) is 17.3 Å². The molecular formula is C21H23N5O5S2. The zero-order valence-electron chi connectivity index (χ0n) is 17.8. The number of hydrogen-bond donors (Lipinski definition) is 2. The largest absolute Gasteiger partial charge is 0.486 e. The molecule has 0 aliphatic carbocycles. The van der Waals surface area contributed by atoms with Gasteiger partial charge in [-0.2, -0.15) is 21.6 Å². The maximum atomic E-state index is 13.0. The van der Waals surface area contributed by atoms with Crippen molar-refractivity contribution in [2.24, 2.45) is 0 Å². The molecule has 0 spiro atoms. The summed E-state index contributed by atoms with van der Waals surface area (Å²) < 4.78 is 41.1. The summed E-state index contributed by atoms with van der Waals surface area (Å²) in [5, 5.41) is 6.84. The third-order valence-corrected chi connectivity index (χ3v) is 6.92. The fourth-order valence-corrected chi connectivity index (χ4v) is 4.87. The summed E-state index contributed by atoms with van der Waals surface area (Å²) >= 11 is 1.52. The van der Waals surface area contributed by atoms with Crippen LogP contribution >= 0.6 is 11.8 Å². The topological polar surface area (TPSA) is 124 Å². The molecule has 0 bridgehead atoms. The van der Waals surface area contributed by atoms with Crippen molar-refractivity contribution in [2.45, 2.75) is 17.4 Å². The van der Waals surface area contributed by atoms with Crippen LogP contribution in [0.1, 0.15) is 6.42 Å². The van der Waals surface area contributed by atoms with Crippen molar-refractivity contribution in [1.82, 2.24) is 19.5 Å². The molecule has 174 valence electrons. The van der Waals surface area contributed by atoms with E-state index in [1.807, 2.05) is 6.26 Å². The summed E-state index contributed by atoms with van der Waals surface area (Å²) in [6, 6.07) is 8.58. The fraction of sp³-hybridized carbons (Fsp3) is 0.286. The normalized spacial score (nSPS) is 14.0. The summed E-state index contributed by atoms with van der Waals surface area (Å²) in [6.45, 7) is 0.752. The number of nitrogens with one attached hydrogen (secondary N) is 2. The number of carbonyl (C=O) groups excluding carboxylic acids is 1. The number of ether oxygens (including phenoxy) is 2. The minimum absolute atomic E-state index is 0.000978. The molecule has 2 aromatic heterocycles. The average Bonchev–Trinajstić information content (AvgIpc) is 3.37. The Balaban J connectivity index is 1.48.